The number of benzene rings is 3. The molecule has 31 heavy (non-hydrogen) atoms. The number of rotatable bonds is 9. The van der Waals surface area contributed by atoms with Crippen LogP contribution in [0.2, 0.25) is 0 Å². The fourth-order valence-corrected chi connectivity index (χ4v) is 3.50. The van der Waals surface area contributed by atoms with E-state index in [-0.39, 0.29) is 12.1 Å². The molecule has 3 rings (SSSR count). The molecule has 2 N–H and O–H groups in total. The maximum Gasteiger partial charge on any atom is 0.125 e. The number of ether oxygens (including phenoxy) is 1. The van der Waals surface area contributed by atoms with E-state index in [1.54, 1.807) is 0 Å². The van der Waals surface area contributed by atoms with Crippen LogP contribution in [0.5, 0.6) is 5.75 Å². The smallest absolute Gasteiger partial charge is 0.125 e. The molecule has 3 aromatic rings. The summed E-state index contributed by atoms with van der Waals surface area (Å²) in [5.41, 5.74) is 3.63. The van der Waals surface area contributed by atoms with Crippen molar-refractivity contribution in [2.75, 3.05) is 6.54 Å². The predicted octanol–water partition coefficient (Wildman–Crippen LogP) is 5.09. The Kier molecular flexibility index (Phi) is 7.85. The molecule has 0 aromatic heterocycles. The molecule has 0 radical (unpaired) electrons. The highest BCUT2D eigenvalue weighted by molar-refractivity contribution is 5.38. The summed E-state index contributed by atoms with van der Waals surface area (Å²) in [5, 5.41) is 20.8. The van der Waals surface area contributed by atoms with Crippen molar-refractivity contribution in [1.29, 1.82) is 0 Å². The van der Waals surface area contributed by atoms with Crippen LogP contribution in [0.3, 0.4) is 0 Å². The average molecular weight is 420 g/mol. The molecular formula is C27H33NO3. The fraction of sp³-hybridized carbons (Fsp3) is 0.333. The number of aliphatic hydroxyl groups excluding tert-OH is 2. The summed E-state index contributed by atoms with van der Waals surface area (Å²) in [6.07, 6.45) is -0.670. The topological polar surface area (TPSA) is 52.9 Å². The second-order valence-electron chi connectivity index (χ2n) is 8.85. The van der Waals surface area contributed by atoms with E-state index in [0.717, 1.165) is 17.7 Å². The molecule has 1 atom stereocenters. The zero-order valence-electron chi connectivity index (χ0n) is 18.7. The van der Waals surface area contributed by atoms with Gasteiger partial charge in [-0.15, -0.1) is 0 Å². The van der Waals surface area contributed by atoms with Crippen molar-refractivity contribution in [2.24, 2.45) is 0 Å². The molecule has 0 saturated heterocycles. The Morgan fingerprint density at radius 1 is 0.871 bits per heavy atom. The summed E-state index contributed by atoms with van der Waals surface area (Å²) in [5.74, 6) is 0.638. The molecular weight excluding hydrogens is 386 g/mol. The van der Waals surface area contributed by atoms with E-state index in [0.29, 0.717) is 24.5 Å². The predicted molar refractivity (Wildman–Crippen MR) is 125 cm³/mol. The standard InChI is InChI=1S/C27H33NO3/c1-27(2,3)28(17-21-10-6-4-7-11-21)18-25(30)23-14-15-26(24(16-23)19-29)31-20-22-12-8-5-9-13-22/h4-16,25,29-30H,17-20H2,1-3H3/t25-/m1/s1. The summed E-state index contributed by atoms with van der Waals surface area (Å²) >= 11 is 0. The first kappa shape index (κ1) is 23.0. The first-order valence-corrected chi connectivity index (χ1v) is 10.7. The fourth-order valence-electron chi connectivity index (χ4n) is 3.50. The normalized spacial score (nSPS) is 12.7. The van der Waals surface area contributed by atoms with Gasteiger partial charge in [0.25, 0.3) is 0 Å². The van der Waals surface area contributed by atoms with E-state index in [1.807, 2.05) is 66.7 Å². The lowest BCUT2D eigenvalue weighted by Crippen LogP contribution is -2.43. The Labute approximate surface area is 185 Å². The van der Waals surface area contributed by atoms with Crippen LogP contribution in [0.1, 0.15) is 49.1 Å². The van der Waals surface area contributed by atoms with E-state index < -0.39 is 6.10 Å². The van der Waals surface area contributed by atoms with Gasteiger partial charge in [-0.25, -0.2) is 0 Å². The van der Waals surface area contributed by atoms with Crippen molar-refractivity contribution in [3.8, 4) is 5.75 Å². The molecule has 0 spiro atoms. The summed E-state index contributed by atoms with van der Waals surface area (Å²) in [7, 11) is 0. The number of hydrogen-bond acceptors (Lipinski definition) is 4. The molecule has 0 aliphatic heterocycles. The van der Waals surface area contributed by atoms with Crippen molar-refractivity contribution in [3.05, 3.63) is 101 Å². The molecule has 0 fully saturated rings. The lowest BCUT2D eigenvalue weighted by molar-refractivity contribution is 0.0522. The zero-order chi connectivity index (χ0) is 22.3. The van der Waals surface area contributed by atoms with Crippen LogP contribution < -0.4 is 4.74 Å². The Bertz CT molecular complexity index is 936. The molecule has 0 bridgehead atoms. The van der Waals surface area contributed by atoms with Gasteiger partial charge >= 0.3 is 0 Å². The van der Waals surface area contributed by atoms with Crippen LogP contribution in [-0.2, 0) is 19.8 Å². The summed E-state index contributed by atoms with van der Waals surface area (Å²) < 4.78 is 5.91. The van der Waals surface area contributed by atoms with Crippen molar-refractivity contribution < 1.29 is 14.9 Å². The van der Waals surface area contributed by atoms with Crippen LogP contribution in [-0.4, -0.2) is 27.2 Å². The number of aliphatic hydroxyl groups is 2. The quantitative estimate of drug-likeness (QED) is 0.507. The minimum atomic E-state index is -0.670. The zero-order valence-corrected chi connectivity index (χ0v) is 18.7. The molecule has 3 aromatic carbocycles. The van der Waals surface area contributed by atoms with Crippen molar-refractivity contribution in [2.45, 2.75) is 52.2 Å². The largest absolute Gasteiger partial charge is 0.489 e. The first-order valence-electron chi connectivity index (χ1n) is 10.7. The minimum absolute atomic E-state index is 0.102. The van der Waals surface area contributed by atoms with Gasteiger partial charge in [-0.2, -0.15) is 0 Å². The van der Waals surface area contributed by atoms with Crippen molar-refractivity contribution in [3.63, 3.8) is 0 Å². The summed E-state index contributed by atoms with van der Waals surface area (Å²) in [6.45, 7) is 8.01. The highest BCUT2D eigenvalue weighted by Gasteiger charge is 2.25. The van der Waals surface area contributed by atoms with Gasteiger partial charge in [-0.3, -0.25) is 4.90 Å². The van der Waals surface area contributed by atoms with Gasteiger partial charge in [0.05, 0.1) is 12.7 Å². The monoisotopic (exact) mass is 419 g/mol. The van der Waals surface area contributed by atoms with Gasteiger partial charge in [0.1, 0.15) is 12.4 Å². The molecule has 4 heteroatoms. The lowest BCUT2D eigenvalue weighted by atomic mass is 10.00. The molecule has 0 aliphatic carbocycles. The van der Waals surface area contributed by atoms with Crippen LogP contribution in [0.4, 0.5) is 0 Å². The number of β-amino-alcohol motifs (C(OH)–C–C–N with tert-alkyl or cyclic N) is 1. The highest BCUT2D eigenvalue weighted by Crippen LogP contribution is 2.27. The average Bonchev–Trinajstić information content (AvgIpc) is 2.78. The lowest BCUT2D eigenvalue weighted by Gasteiger charge is -2.37. The second kappa shape index (κ2) is 10.6. The minimum Gasteiger partial charge on any atom is -0.489 e. The number of hydrogen-bond donors (Lipinski definition) is 2. The summed E-state index contributed by atoms with van der Waals surface area (Å²) in [4.78, 5) is 2.27. The third-order valence-corrected chi connectivity index (χ3v) is 5.44. The third-order valence-electron chi connectivity index (χ3n) is 5.44. The molecule has 0 unspecified atom stereocenters. The molecule has 0 amide bonds. The van der Waals surface area contributed by atoms with Gasteiger partial charge in [-0.1, -0.05) is 66.7 Å². The SMILES string of the molecule is CC(C)(C)N(Cc1ccccc1)C[C@@H](O)c1ccc(OCc2ccccc2)c(CO)c1. The van der Waals surface area contributed by atoms with Gasteiger partial charge in [0.15, 0.2) is 0 Å². The van der Waals surface area contributed by atoms with E-state index in [2.05, 4.69) is 37.8 Å². The van der Waals surface area contributed by atoms with Crippen molar-refractivity contribution in [1.82, 2.24) is 4.90 Å². The molecule has 4 nitrogen and oxygen atoms in total. The van der Waals surface area contributed by atoms with Crippen LogP contribution >= 0.6 is 0 Å². The maximum atomic E-state index is 11.0. The number of nitrogens with zero attached hydrogens (tertiary/aromatic N) is 1. The molecule has 0 heterocycles. The van der Waals surface area contributed by atoms with Gasteiger partial charge in [0.2, 0.25) is 0 Å². The first-order chi connectivity index (χ1) is 14.9. The van der Waals surface area contributed by atoms with Gasteiger partial charge in [-0.05, 0) is 49.6 Å². The molecule has 0 aliphatic rings. The van der Waals surface area contributed by atoms with Crippen LogP contribution in [0, 0.1) is 0 Å². The second-order valence-corrected chi connectivity index (χ2v) is 8.85. The van der Waals surface area contributed by atoms with E-state index in [4.69, 9.17) is 4.74 Å². The van der Waals surface area contributed by atoms with E-state index in [1.165, 1.54) is 5.56 Å². The highest BCUT2D eigenvalue weighted by atomic mass is 16.5. The van der Waals surface area contributed by atoms with E-state index in [9.17, 15) is 10.2 Å². The molecule has 164 valence electrons. The third kappa shape index (κ3) is 6.66. The Hall–Kier alpha value is -2.66. The maximum absolute atomic E-state index is 11.0. The Morgan fingerprint density at radius 2 is 1.48 bits per heavy atom. The summed E-state index contributed by atoms with van der Waals surface area (Å²) in [6, 6.07) is 25.8. The van der Waals surface area contributed by atoms with E-state index >= 15 is 0 Å². The van der Waals surface area contributed by atoms with Crippen molar-refractivity contribution >= 4 is 0 Å². The Balaban J connectivity index is 1.71. The molecule has 0 saturated carbocycles. The van der Waals surface area contributed by atoms with Gasteiger partial charge in [0, 0.05) is 24.2 Å². The van der Waals surface area contributed by atoms with Gasteiger partial charge < -0.3 is 14.9 Å². The Morgan fingerprint density at radius 3 is 2.06 bits per heavy atom. The van der Waals surface area contributed by atoms with Crippen LogP contribution in [0.15, 0.2) is 78.9 Å². The van der Waals surface area contributed by atoms with Crippen LogP contribution in [0.25, 0.3) is 0 Å².